The first-order valence-electron chi connectivity index (χ1n) is 8.82. The fraction of sp³-hybridized carbons (Fsp3) is 0.174. The summed E-state index contributed by atoms with van der Waals surface area (Å²) in [5, 5.41) is 17.6. The third kappa shape index (κ3) is 8.59. The van der Waals surface area contributed by atoms with Gasteiger partial charge in [0.05, 0.1) is 12.5 Å². The van der Waals surface area contributed by atoms with Crippen LogP contribution in [0.1, 0.15) is 16.7 Å². The van der Waals surface area contributed by atoms with Gasteiger partial charge in [0.15, 0.2) is 0 Å². The van der Waals surface area contributed by atoms with E-state index in [0.29, 0.717) is 25.3 Å². The van der Waals surface area contributed by atoms with Gasteiger partial charge in [0, 0.05) is 0 Å². The van der Waals surface area contributed by atoms with Gasteiger partial charge in [-0.1, -0.05) is 54.6 Å². The zero-order chi connectivity index (χ0) is 19.3. The summed E-state index contributed by atoms with van der Waals surface area (Å²) >= 11 is 0. The first kappa shape index (κ1) is 23.0. The van der Waals surface area contributed by atoms with Crippen LogP contribution in [0.15, 0.2) is 78.9 Å². The van der Waals surface area contributed by atoms with E-state index in [2.05, 4.69) is 6.07 Å². The van der Waals surface area contributed by atoms with Crippen molar-refractivity contribution in [3.8, 4) is 17.6 Å². The maximum atomic E-state index is 9.00. The number of phenolic OH excluding ortho intramolecular Hbond substituents is 1. The molecule has 0 aliphatic heterocycles. The minimum atomic E-state index is 0. The molecule has 3 rings (SSSR count). The topological polar surface area (TPSA) is 79.3 Å². The number of halogens is 1. The van der Waals surface area contributed by atoms with Crippen molar-refractivity contribution < 1.29 is 9.84 Å². The Hall–Kier alpha value is -3.00. The molecule has 5 heteroatoms. The van der Waals surface area contributed by atoms with Gasteiger partial charge in [-0.25, -0.2) is 0 Å². The van der Waals surface area contributed by atoms with E-state index in [-0.39, 0.29) is 12.4 Å². The summed E-state index contributed by atoms with van der Waals surface area (Å²) in [7, 11) is 0. The lowest BCUT2D eigenvalue weighted by Crippen LogP contribution is -2.01. The monoisotopic (exact) mass is 396 g/mol. The molecule has 0 saturated heterocycles. The van der Waals surface area contributed by atoms with Crippen LogP contribution in [-0.2, 0) is 19.4 Å². The van der Waals surface area contributed by atoms with Crippen molar-refractivity contribution in [2.75, 3.05) is 6.54 Å². The molecule has 0 bridgehead atoms. The SMILES string of the molecule is Cl.N#CCc1cccc(OCc2ccccc2)c1.NCCc1cccc(O)c1. The van der Waals surface area contributed by atoms with Crippen LogP contribution in [0.4, 0.5) is 0 Å². The predicted octanol–water partition coefficient (Wildman–Crippen LogP) is 4.65. The summed E-state index contributed by atoms with van der Waals surface area (Å²) in [4.78, 5) is 0. The van der Waals surface area contributed by atoms with E-state index < -0.39 is 0 Å². The molecule has 0 fully saturated rings. The Balaban J connectivity index is 0.000000307. The van der Waals surface area contributed by atoms with Crippen LogP contribution < -0.4 is 10.5 Å². The van der Waals surface area contributed by atoms with Crippen molar-refractivity contribution in [2.24, 2.45) is 5.73 Å². The van der Waals surface area contributed by atoms with Gasteiger partial charge in [-0.2, -0.15) is 5.26 Å². The number of benzene rings is 3. The van der Waals surface area contributed by atoms with Crippen LogP contribution in [0.2, 0.25) is 0 Å². The van der Waals surface area contributed by atoms with Crippen LogP contribution in [0.3, 0.4) is 0 Å². The van der Waals surface area contributed by atoms with Crippen molar-refractivity contribution >= 4 is 12.4 Å². The van der Waals surface area contributed by atoms with Gasteiger partial charge in [-0.15, -0.1) is 12.4 Å². The molecule has 0 radical (unpaired) electrons. The minimum absolute atomic E-state index is 0. The molecule has 0 spiro atoms. The van der Waals surface area contributed by atoms with Crippen LogP contribution in [-0.4, -0.2) is 11.7 Å². The third-order valence-corrected chi connectivity index (χ3v) is 3.77. The number of ether oxygens (including phenoxy) is 1. The average Bonchev–Trinajstić information content (AvgIpc) is 2.69. The maximum Gasteiger partial charge on any atom is 0.120 e. The Bertz CT molecular complexity index is 864. The van der Waals surface area contributed by atoms with Gasteiger partial charge in [0.1, 0.15) is 18.1 Å². The molecule has 0 aliphatic rings. The summed E-state index contributed by atoms with van der Waals surface area (Å²) in [5.41, 5.74) is 8.54. The van der Waals surface area contributed by atoms with Gasteiger partial charge in [-0.05, 0) is 53.9 Å². The molecule has 0 unspecified atom stereocenters. The van der Waals surface area contributed by atoms with Gasteiger partial charge in [0.2, 0.25) is 0 Å². The van der Waals surface area contributed by atoms with Crippen molar-refractivity contribution in [2.45, 2.75) is 19.4 Å². The van der Waals surface area contributed by atoms with Gasteiger partial charge >= 0.3 is 0 Å². The molecule has 146 valence electrons. The largest absolute Gasteiger partial charge is 0.508 e. The number of nitriles is 1. The first-order chi connectivity index (χ1) is 13.2. The number of hydrogen-bond donors (Lipinski definition) is 2. The Morgan fingerprint density at radius 3 is 2.21 bits per heavy atom. The van der Waals surface area contributed by atoms with Crippen LogP contribution in [0.5, 0.6) is 11.5 Å². The molecular weight excluding hydrogens is 372 g/mol. The minimum Gasteiger partial charge on any atom is -0.508 e. The van der Waals surface area contributed by atoms with E-state index in [4.69, 9.17) is 20.8 Å². The molecule has 28 heavy (non-hydrogen) atoms. The molecule has 0 heterocycles. The molecule has 3 N–H and O–H groups in total. The second kappa shape index (κ2) is 13.2. The lowest BCUT2D eigenvalue weighted by atomic mass is 10.1. The first-order valence-corrected chi connectivity index (χ1v) is 8.82. The molecule has 0 amide bonds. The Morgan fingerprint density at radius 1 is 0.857 bits per heavy atom. The summed E-state index contributed by atoms with van der Waals surface area (Å²) in [6.07, 6.45) is 1.25. The molecule has 0 saturated carbocycles. The summed E-state index contributed by atoms with van der Waals surface area (Å²) in [6.45, 7) is 1.18. The second-order valence-electron chi connectivity index (χ2n) is 5.97. The highest BCUT2D eigenvalue weighted by atomic mass is 35.5. The van der Waals surface area contributed by atoms with Crippen LogP contribution in [0.25, 0.3) is 0 Å². The number of nitrogens with two attached hydrogens (primary N) is 1. The Labute approximate surface area is 172 Å². The average molecular weight is 397 g/mol. The van der Waals surface area contributed by atoms with Crippen molar-refractivity contribution in [3.63, 3.8) is 0 Å². The standard InChI is InChI=1S/C15H13NO.C8H11NO.ClH/c16-10-9-13-7-4-8-15(11-13)17-12-14-5-2-1-3-6-14;9-5-4-7-2-1-3-8(10)6-7;/h1-8,11H,9,12H2;1-3,6,10H,4-5,9H2;1H. The van der Waals surface area contributed by atoms with Crippen molar-refractivity contribution in [3.05, 3.63) is 95.6 Å². The maximum absolute atomic E-state index is 9.00. The molecule has 4 nitrogen and oxygen atoms in total. The fourth-order valence-corrected chi connectivity index (χ4v) is 2.46. The van der Waals surface area contributed by atoms with E-state index >= 15 is 0 Å². The smallest absolute Gasteiger partial charge is 0.120 e. The summed E-state index contributed by atoms with van der Waals surface area (Å²) in [5.74, 6) is 1.12. The zero-order valence-corrected chi connectivity index (χ0v) is 16.4. The zero-order valence-electron chi connectivity index (χ0n) is 15.6. The van der Waals surface area contributed by atoms with Crippen LogP contribution in [0, 0.1) is 11.3 Å². The second-order valence-corrected chi connectivity index (χ2v) is 5.97. The van der Waals surface area contributed by atoms with Gasteiger partial charge in [0.25, 0.3) is 0 Å². The van der Waals surface area contributed by atoms with Crippen molar-refractivity contribution in [1.29, 1.82) is 5.26 Å². The van der Waals surface area contributed by atoms with E-state index in [0.717, 1.165) is 28.9 Å². The summed E-state index contributed by atoms with van der Waals surface area (Å²) < 4.78 is 5.67. The highest BCUT2D eigenvalue weighted by Crippen LogP contribution is 2.15. The lowest BCUT2D eigenvalue weighted by Gasteiger charge is -2.06. The fourth-order valence-electron chi connectivity index (χ4n) is 2.46. The number of aromatic hydroxyl groups is 1. The highest BCUT2D eigenvalue weighted by Gasteiger charge is 1.97. The molecule has 3 aromatic carbocycles. The molecule has 0 aromatic heterocycles. The number of rotatable bonds is 6. The molecule has 0 aliphatic carbocycles. The van der Waals surface area contributed by atoms with E-state index in [1.807, 2.05) is 66.7 Å². The van der Waals surface area contributed by atoms with E-state index in [1.54, 1.807) is 12.1 Å². The lowest BCUT2D eigenvalue weighted by molar-refractivity contribution is 0.306. The normalized spacial score (nSPS) is 9.29. The molecule has 0 atom stereocenters. The molecule has 3 aromatic rings. The Morgan fingerprint density at radius 2 is 1.54 bits per heavy atom. The quantitative estimate of drug-likeness (QED) is 0.635. The summed E-state index contributed by atoms with van der Waals surface area (Å²) in [6, 6.07) is 27.0. The van der Waals surface area contributed by atoms with Gasteiger partial charge < -0.3 is 15.6 Å². The highest BCUT2D eigenvalue weighted by molar-refractivity contribution is 5.85. The number of hydrogen-bond acceptors (Lipinski definition) is 4. The Kier molecular flexibility index (Phi) is 10.9. The number of nitrogens with zero attached hydrogens (tertiary/aromatic N) is 1. The number of phenols is 1. The predicted molar refractivity (Wildman–Crippen MR) is 115 cm³/mol. The van der Waals surface area contributed by atoms with Crippen molar-refractivity contribution in [1.82, 2.24) is 0 Å². The van der Waals surface area contributed by atoms with E-state index in [1.165, 1.54) is 0 Å². The van der Waals surface area contributed by atoms with Gasteiger partial charge in [-0.3, -0.25) is 0 Å². The van der Waals surface area contributed by atoms with Crippen LogP contribution >= 0.6 is 12.4 Å². The molecular formula is C23H25ClN2O2. The third-order valence-electron chi connectivity index (χ3n) is 3.77. The van der Waals surface area contributed by atoms with E-state index in [9.17, 15) is 0 Å².